The maximum Gasteiger partial charge on any atom is 0.0671 e. The summed E-state index contributed by atoms with van der Waals surface area (Å²) in [6.07, 6.45) is 0. The summed E-state index contributed by atoms with van der Waals surface area (Å²) in [5, 5.41) is 3.45. The highest BCUT2D eigenvalue weighted by atomic mass is 16.5. The first-order chi connectivity index (χ1) is 5.66. The third-order valence-corrected chi connectivity index (χ3v) is 1.21. The molecule has 0 fully saturated rings. The summed E-state index contributed by atoms with van der Waals surface area (Å²) >= 11 is 0. The topological polar surface area (TPSA) is 58.0 Å². The van der Waals surface area contributed by atoms with Crippen molar-refractivity contribution >= 4 is 0 Å². The van der Waals surface area contributed by atoms with Gasteiger partial charge in [0.2, 0.25) is 0 Å². The van der Waals surface area contributed by atoms with E-state index in [9.17, 15) is 0 Å². The van der Waals surface area contributed by atoms with Gasteiger partial charge < -0.3 is 4.74 Å². The molecule has 0 rings (SSSR count). The van der Waals surface area contributed by atoms with Crippen LogP contribution in [0.1, 0.15) is 13.8 Å². The monoisotopic (exact) mass is 169 g/mol. The largest absolute Gasteiger partial charge is 0.377 e. The van der Waals surface area contributed by atoms with E-state index in [4.69, 9.17) is 10.3 Å². The van der Waals surface area contributed by atoms with Gasteiger partial charge in [0.1, 0.15) is 0 Å². The molecule has 0 aromatic rings. The van der Waals surface area contributed by atoms with E-state index in [0.717, 1.165) is 5.57 Å². The van der Waals surface area contributed by atoms with Crippen molar-refractivity contribution in [2.75, 3.05) is 19.8 Å². The van der Waals surface area contributed by atoms with Crippen LogP contribution in [0.15, 0.2) is 17.3 Å². The van der Waals surface area contributed by atoms with Gasteiger partial charge in [-0.2, -0.15) is 0 Å². The SMILES string of the molecule is C=C(C)COC[C@H](C)CN=[N+]=[N-]. The van der Waals surface area contributed by atoms with Gasteiger partial charge in [0.05, 0.1) is 6.61 Å². The molecule has 0 aliphatic heterocycles. The molecule has 4 nitrogen and oxygen atoms in total. The zero-order valence-corrected chi connectivity index (χ0v) is 7.66. The molecule has 0 saturated carbocycles. The Morgan fingerprint density at radius 3 is 2.92 bits per heavy atom. The van der Waals surface area contributed by atoms with E-state index in [2.05, 4.69) is 16.6 Å². The van der Waals surface area contributed by atoms with Crippen LogP contribution in [0, 0.1) is 5.92 Å². The van der Waals surface area contributed by atoms with Gasteiger partial charge in [-0.3, -0.25) is 0 Å². The van der Waals surface area contributed by atoms with Crippen molar-refractivity contribution in [2.45, 2.75) is 13.8 Å². The Morgan fingerprint density at radius 1 is 1.75 bits per heavy atom. The molecule has 0 aromatic carbocycles. The van der Waals surface area contributed by atoms with Crippen molar-refractivity contribution in [1.29, 1.82) is 0 Å². The molecule has 4 heteroatoms. The second-order valence-electron chi connectivity index (χ2n) is 2.99. The second-order valence-corrected chi connectivity index (χ2v) is 2.99. The highest BCUT2D eigenvalue weighted by molar-refractivity contribution is 4.87. The number of ether oxygens (including phenoxy) is 1. The van der Waals surface area contributed by atoms with E-state index in [-0.39, 0.29) is 5.92 Å². The molecule has 0 bridgehead atoms. The average molecular weight is 169 g/mol. The first-order valence-corrected chi connectivity index (χ1v) is 3.89. The number of azide groups is 1. The molecule has 0 spiro atoms. The van der Waals surface area contributed by atoms with Gasteiger partial charge in [0.25, 0.3) is 0 Å². The van der Waals surface area contributed by atoms with Gasteiger partial charge in [-0.1, -0.05) is 24.2 Å². The van der Waals surface area contributed by atoms with Gasteiger partial charge in [-0.15, -0.1) is 0 Å². The lowest BCUT2D eigenvalue weighted by Gasteiger charge is -2.08. The summed E-state index contributed by atoms with van der Waals surface area (Å²) < 4.78 is 5.27. The fourth-order valence-electron chi connectivity index (χ4n) is 0.663. The predicted octanol–water partition coefficient (Wildman–Crippen LogP) is 2.53. The summed E-state index contributed by atoms with van der Waals surface area (Å²) in [6.45, 7) is 9.29. The summed E-state index contributed by atoms with van der Waals surface area (Å²) in [5.74, 6) is 0.278. The molecule has 1 atom stereocenters. The second kappa shape index (κ2) is 6.70. The minimum Gasteiger partial charge on any atom is -0.377 e. The quantitative estimate of drug-likeness (QED) is 0.261. The fourth-order valence-corrected chi connectivity index (χ4v) is 0.663. The van der Waals surface area contributed by atoms with Crippen LogP contribution in [-0.2, 0) is 4.74 Å². The molecule has 0 aliphatic rings. The van der Waals surface area contributed by atoms with Crippen LogP contribution < -0.4 is 0 Å². The normalized spacial score (nSPS) is 11.8. The molecule has 0 aromatic heterocycles. The number of hydrogen-bond donors (Lipinski definition) is 0. The van der Waals surface area contributed by atoms with Gasteiger partial charge in [0.15, 0.2) is 0 Å². The van der Waals surface area contributed by atoms with E-state index in [1.165, 1.54) is 0 Å². The van der Waals surface area contributed by atoms with E-state index >= 15 is 0 Å². The summed E-state index contributed by atoms with van der Waals surface area (Å²) in [5.41, 5.74) is 9.04. The molecule has 0 aliphatic carbocycles. The van der Waals surface area contributed by atoms with Crippen molar-refractivity contribution in [3.63, 3.8) is 0 Å². The summed E-state index contributed by atoms with van der Waals surface area (Å²) in [6, 6.07) is 0. The minimum atomic E-state index is 0.278. The fraction of sp³-hybridized carbons (Fsp3) is 0.750. The number of rotatable bonds is 6. The Morgan fingerprint density at radius 2 is 2.42 bits per heavy atom. The summed E-state index contributed by atoms with van der Waals surface area (Å²) in [4.78, 5) is 2.67. The van der Waals surface area contributed by atoms with Crippen LogP contribution in [0.2, 0.25) is 0 Å². The van der Waals surface area contributed by atoms with Crippen LogP contribution in [0.25, 0.3) is 10.4 Å². The molecule has 0 amide bonds. The third kappa shape index (κ3) is 7.12. The zero-order chi connectivity index (χ0) is 9.40. The standard InChI is InChI=1S/C8H15N3O/c1-7(2)5-12-6-8(3)4-10-11-9/h8H,1,4-6H2,2-3H3/t8-/m1/s1. The first-order valence-electron chi connectivity index (χ1n) is 3.89. The van der Waals surface area contributed by atoms with Crippen LogP contribution in [0.3, 0.4) is 0 Å². The Bertz CT molecular complexity index is 185. The number of hydrogen-bond acceptors (Lipinski definition) is 2. The molecular formula is C8H15N3O. The van der Waals surface area contributed by atoms with Gasteiger partial charge in [0, 0.05) is 18.1 Å². The molecular weight excluding hydrogens is 154 g/mol. The van der Waals surface area contributed by atoms with Crippen LogP contribution >= 0.6 is 0 Å². The molecule has 0 unspecified atom stereocenters. The lowest BCUT2D eigenvalue weighted by Crippen LogP contribution is -2.09. The van der Waals surface area contributed by atoms with E-state index in [1.54, 1.807) is 0 Å². The van der Waals surface area contributed by atoms with Crippen molar-refractivity contribution in [3.8, 4) is 0 Å². The molecule has 0 heterocycles. The Kier molecular flexibility index (Phi) is 6.15. The Balaban J connectivity index is 3.36. The van der Waals surface area contributed by atoms with E-state index in [1.807, 2.05) is 13.8 Å². The van der Waals surface area contributed by atoms with Crippen molar-refractivity contribution in [3.05, 3.63) is 22.6 Å². The van der Waals surface area contributed by atoms with Crippen LogP contribution in [-0.4, -0.2) is 19.8 Å². The van der Waals surface area contributed by atoms with Crippen molar-refractivity contribution in [2.24, 2.45) is 11.0 Å². The van der Waals surface area contributed by atoms with Crippen LogP contribution in [0.5, 0.6) is 0 Å². The maximum absolute atomic E-state index is 8.03. The minimum absolute atomic E-state index is 0.278. The lowest BCUT2D eigenvalue weighted by atomic mass is 10.2. The highest BCUT2D eigenvalue weighted by Gasteiger charge is 1.99. The average Bonchev–Trinajstić information content (AvgIpc) is 2.00. The lowest BCUT2D eigenvalue weighted by molar-refractivity contribution is 0.126. The van der Waals surface area contributed by atoms with Crippen molar-refractivity contribution < 1.29 is 4.74 Å². The molecule has 68 valence electrons. The molecule has 0 radical (unpaired) electrons. The van der Waals surface area contributed by atoms with Gasteiger partial charge >= 0.3 is 0 Å². The maximum atomic E-state index is 8.03. The van der Waals surface area contributed by atoms with Crippen molar-refractivity contribution in [1.82, 2.24) is 0 Å². The van der Waals surface area contributed by atoms with Gasteiger partial charge in [-0.25, -0.2) is 0 Å². The Labute approximate surface area is 72.9 Å². The van der Waals surface area contributed by atoms with E-state index in [0.29, 0.717) is 19.8 Å². The third-order valence-electron chi connectivity index (χ3n) is 1.21. The smallest absolute Gasteiger partial charge is 0.0671 e. The summed E-state index contributed by atoms with van der Waals surface area (Å²) in [7, 11) is 0. The number of nitrogens with zero attached hydrogens (tertiary/aromatic N) is 3. The molecule has 0 saturated heterocycles. The highest BCUT2D eigenvalue weighted by Crippen LogP contribution is 1.98. The van der Waals surface area contributed by atoms with Crippen LogP contribution in [0.4, 0.5) is 0 Å². The molecule has 0 N–H and O–H groups in total. The van der Waals surface area contributed by atoms with E-state index < -0.39 is 0 Å². The predicted molar refractivity (Wildman–Crippen MR) is 48.8 cm³/mol. The van der Waals surface area contributed by atoms with Gasteiger partial charge in [-0.05, 0) is 18.4 Å². The molecule has 12 heavy (non-hydrogen) atoms. The first kappa shape index (κ1) is 11.0. The Hall–Kier alpha value is -0.990. The zero-order valence-electron chi connectivity index (χ0n) is 7.66.